The molecule has 1 aromatic rings. The lowest BCUT2D eigenvalue weighted by molar-refractivity contribution is 0.317. The number of nitrogens with two attached hydrogens (primary N) is 1. The maximum absolute atomic E-state index is 8.40. The zero-order valence-electron chi connectivity index (χ0n) is 9.42. The van der Waals surface area contributed by atoms with E-state index in [9.17, 15) is 0 Å². The number of methoxy groups -OCH3 is 1. The van der Waals surface area contributed by atoms with Crippen molar-refractivity contribution in [1.82, 2.24) is 4.98 Å². The van der Waals surface area contributed by atoms with E-state index in [0.29, 0.717) is 18.7 Å². The molecule has 0 aliphatic heterocycles. The fraction of sp³-hybridized carbons (Fsp3) is 0.400. The van der Waals surface area contributed by atoms with E-state index in [-0.39, 0.29) is 5.84 Å². The Morgan fingerprint density at radius 1 is 1.62 bits per heavy atom. The van der Waals surface area contributed by atoms with Crippen molar-refractivity contribution in [2.45, 2.75) is 6.42 Å². The molecule has 0 aromatic carbocycles. The highest BCUT2D eigenvalue weighted by Gasteiger charge is 2.03. The second-order valence-corrected chi connectivity index (χ2v) is 3.32. The van der Waals surface area contributed by atoms with Crippen LogP contribution in [0.25, 0.3) is 0 Å². The molecule has 88 valence electrons. The first-order chi connectivity index (χ1) is 7.67. The van der Waals surface area contributed by atoms with Crippen molar-refractivity contribution in [3.05, 3.63) is 18.3 Å². The summed E-state index contributed by atoms with van der Waals surface area (Å²) in [6, 6.07) is 3.69. The highest BCUT2D eigenvalue weighted by Crippen LogP contribution is 2.14. The Kier molecular flexibility index (Phi) is 4.38. The predicted octanol–water partition coefficient (Wildman–Crippen LogP) is 0.663. The molecule has 6 nitrogen and oxygen atoms in total. The minimum atomic E-state index is 0.209. The first-order valence-electron chi connectivity index (χ1n) is 4.85. The largest absolute Gasteiger partial charge is 0.495 e. The Bertz CT molecular complexity index is 350. The van der Waals surface area contributed by atoms with E-state index >= 15 is 0 Å². The van der Waals surface area contributed by atoms with Crippen LogP contribution >= 0.6 is 0 Å². The number of oxime groups is 1. The first kappa shape index (κ1) is 12.1. The average molecular weight is 224 g/mol. The van der Waals surface area contributed by atoms with Gasteiger partial charge in [-0.25, -0.2) is 4.98 Å². The van der Waals surface area contributed by atoms with E-state index in [1.54, 1.807) is 13.3 Å². The van der Waals surface area contributed by atoms with Gasteiger partial charge in [-0.15, -0.1) is 0 Å². The molecule has 0 spiro atoms. The number of pyridine rings is 1. The molecular weight excluding hydrogens is 208 g/mol. The quantitative estimate of drug-likeness (QED) is 0.332. The summed E-state index contributed by atoms with van der Waals surface area (Å²) >= 11 is 0. The van der Waals surface area contributed by atoms with Gasteiger partial charge in [0.15, 0.2) is 0 Å². The van der Waals surface area contributed by atoms with Crippen LogP contribution in [0.15, 0.2) is 23.5 Å². The van der Waals surface area contributed by atoms with Crippen molar-refractivity contribution < 1.29 is 9.94 Å². The van der Waals surface area contributed by atoms with Gasteiger partial charge in [0.05, 0.1) is 13.3 Å². The average Bonchev–Trinajstić information content (AvgIpc) is 2.35. The fourth-order valence-electron chi connectivity index (χ4n) is 1.17. The van der Waals surface area contributed by atoms with Crippen molar-refractivity contribution in [2.75, 3.05) is 25.6 Å². The Morgan fingerprint density at radius 3 is 2.88 bits per heavy atom. The van der Waals surface area contributed by atoms with Gasteiger partial charge in [-0.3, -0.25) is 0 Å². The highest BCUT2D eigenvalue weighted by atomic mass is 16.5. The predicted molar refractivity (Wildman–Crippen MR) is 62.1 cm³/mol. The summed E-state index contributed by atoms with van der Waals surface area (Å²) in [5, 5.41) is 11.3. The van der Waals surface area contributed by atoms with Crippen LogP contribution in [0.3, 0.4) is 0 Å². The van der Waals surface area contributed by atoms with Crippen LogP contribution < -0.4 is 15.4 Å². The molecule has 3 N–H and O–H groups in total. The van der Waals surface area contributed by atoms with Gasteiger partial charge in [0.1, 0.15) is 17.4 Å². The molecule has 0 amide bonds. The zero-order valence-corrected chi connectivity index (χ0v) is 9.42. The highest BCUT2D eigenvalue weighted by molar-refractivity contribution is 5.80. The molecule has 16 heavy (non-hydrogen) atoms. The van der Waals surface area contributed by atoms with E-state index in [1.165, 1.54) is 0 Å². The molecule has 1 rings (SSSR count). The summed E-state index contributed by atoms with van der Waals surface area (Å²) in [5.74, 6) is 1.74. The van der Waals surface area contributed by atoms with E-state index < -0.39 is 0 Å². The lowest BCUT2D eigenvalue weighted by Gasteiger charge is -2.17. The first-order valence-corrected chi connectivity index (χ1v) is 4.85. The summed E-state index contributed by atoms with van der Waals surface area (Å²) in [4.78, 5) is 6.13. The molecule has 0 saturated heterocycles. The van der Waals surface area contributed by atoms with Gasteiger partial charge in [-0.05, 0) is 12.1 Å². The number of rotatable bonds is 5. The number of hydrogen-bond donors (Lipinski definition) is 2. The normalized spacial score (nSPS) is 11.2. The van der Waals surface area contributed by atoms with Crippen molar-refractivity contribution in [3.63, 3.8) is 0 Å². The Labute approximate surface area is 94.3 Å². The number of aromatic nitrogens is 1. The van der Waals surface area contributed by atoms with Crippen molar-refractivity contribution >= 4 is 11.7 Å². The summed E-state index contributed by atoms with van der Waals surface area (Å²) in [7, 11) is 3.48. The summed E-state index contributed by atoms with van der Waals surface area (Å²) < 4.78 is 5.01. The molecule has 0 atom stereocenters. The molecule has 0 fully saturated rings. The standard InChI is InChI=1S/C10H16N4O2/c1-14(6-5-9(11)13-15)10-4-3-8(16-2)7-12-10/h3-4,7,15H,5-6H2,1-2H3,(H2,11,13). The zero-order chi connectivity index (χ0) is 12.0. The second-order valence-electron chi connectivity index (χ2n) is 3.32. The Balaban J connectivity index is 2.55. The van der Waals surface area contributed by atoms with Crippen molar-refractivity contribution in [1.29, 1.82) is 0 Å². The lowest BCUT2D eigenvalue weighted by atomic mass is 10.3. The van der Waals surface area contributed by atoms with Crippen LogP contribution in [0.1, 0.15) is 6.42 Å². The van der Waals surface area contributed by atoms with Gasteiger partial charge >= 0.3 is 0 Å². The summed E-state index contributed by atoms with van der Waals surface area (Å²) in [6.45, 7) is 0.634. The second kappa shape index (κ2) is 5.79. The van der Waals surface area contributed by atoms with Crippen LogP contribution in [-0.4, -0.2) is 36.7 Å². The molecule has 0 radical (unpaired) electrons. The topological polar surface area (TPSA) is 84.0 Å². The molecule has 0 aliphatic carbocycles. The van der Waals surface area contributed by atoms with Crippen molar-refractivity contribution in [2.24, 2.45) is 10.9 Å². The molecule has 0 bridgehead atoms. The van der Waals surface area contributed by atoms with Crippen LogP contribution in [0, 0.1) is 0 Å². The summed E-state index contributed by atoms with van der Waals surface area (Å²) in [5.41, 5.74) is 5.38. The smallest absolute Gasteiger partial charge is 0.140 e. The fourth-order valence-corrected chi connectivity index (χ4v) is 1.17. The van der Waals surface area contributed by atoms with Crippen LogP contribution in [0.2, 0.25) is 0 Å². The maximum Gasteiger partial charge on any atom is 0.140 e. The van der Waals surface area contributed by atoms with Gasteiger partial charge in [-0.2, -0.15) is 0 Å². The van der Waals surface area contributed by atoms with E-state index in [1.807, 2.05) is 24.1 Å². The molecule has 6 heteroatoms. The lowest BCUT2D eigenvalue weighted by Crippen LogP contribution is -2.24. The number of amidine groups is 1. The molecule has 0 saturated carbocycles. The Morgan fingerprint density at radius 2 is 2.38 bits per heavy atom. The van der Waals surface area contributed by atoms with E-state index in [4.69, 9.17) is 15.7 Å². The number of ether oxygens (including phenoxy) is 1. The van der Waals surface area contributed by atoms with Gasteiger partial charge in [0.25, 0.3) is 0 Å². The van der Waals surface area contributed by atoms with Crippen LogP contribution in [-0.2, 0) is 0 Å². The molecule has 0 aliphatic rings. The number of nitrogens with zero attached hydrogens (tertiary/aromatic N) is 3. The van der Waals surface area contributed by atoms with E-state index in [2.05, 4.69) is 10.1 Å². The Hall–Kier alpha value is -1.98. The summed E-state index contributed by atoms with van der Waals surface area (Å²) in [6.07, 6.45) is 2.13. The third-order valence-electron chi connectivity index (χ3n) is 2.18. The monoisotopic (exact) mass is 224 g/mol. The maximum atomic E-state index is 8.40. The van der Waals surface area contributed by atoms with Gasteiger partial charge in [0.2, 0.25) is 0 Å². The van der Waals surface area contributed by atoms with Gasteiger partial charge in [-0.1, -0.05) is 5.16 Å². The molecule has 1 aromatic heterocycles. The molecule has 1 heterocycles. The minimum absolute atomic E-state index is 0.209. The third-order valence-corrected chi connectivity index (χ3v) is 2.18. The third kappa shape index (κ3) is 3.30. The van der Waals surface area contributed by atoms with Gasteiger partial charge < -0.3 is 20.6 Å². The van der Waals surface area contributed by atoms with E-state index in [0.717, 1.165) is 5.82 Å². The van der Waals surface area contributed by atoms with Crippen molar-refractivity contribution in [3.8, 4) is 5.75 Å². The van der Waals surface area contributed by atoms with Crippen LogP contribution in [0.5, 0.6) is 5.75 Å². The number of hydrogen-bond acceptors (Lipinski definition) is 5. The minimum Gasteiger partial charge on any atom is -0.495 e. The SMILES string of the molecule is COc1ccc(N(C)CC/C(N)=N/O)nc1. The van der Waals surface area contributed by atoms with Crippen LogP contribution in [0.4, 0.5) is 5.82 Å². The molecule has 0 unspecified atom stereocenters. The molecular formula is C10H16N4O2. The number of anilines is 1. The van der Waals surface area contributed by atoms with Gasteiger partial charge in [0, 0.05) is 20.0 Å².